The highest BCUT2D eigenvalue weighted by atomic mass is 35.5. The summed E-state index contributed by atoms with van der Waals surface area (Å²) in [5, 5.41) is 11.3. The molecule has 0 aliphatic carbocycles. The van der Waals surface area contributed by atoms with E-state index in [0.717, 1.165) is 27.7 Å². The lowest BCUT2D eigenvalue weighted by Gasteiger charge is -2.20. The Balaban J connectivity index is 1.54. The number of ether oxygens (including phenoxy) is 3. The van der Waals surface area contributed by atoms with Crippen molar-refractivity contribution in [3.8, 4) is 11.5 Å². The molecule has 0 spiro atoms. The maximum Gasteiger partial charge on any atom is 0.339 e. The number of aromatic nitrogens is 1. The Kier molecular flexibility index (Phi) is 9.18. The molecule has 9 heteroatoms. The van der Waals surface area contributed by atoms with Crippen LogP contribution in [0.15, 0.2) is 66.7 Å². The summed E-state index contributed by atoms with van der Waals surface area (Å²) in [7, 11) is 1.45. The van der Waals surface area contributed by atoms with Gasteiger partial charge in [-0.1, -0.05) is 53.5 Å². The molecule has 0 unspecified atom stereocenters. The number of carbonyl (C=O) groups is 1. The van der Waals surface area contributed by atoms with Crippen LogP contribution in [0.2, 0.25) is 10.0 Å². The molecule has 0 aliphatic heterocycles. The molecule has 0 saturated carbocycles. The van der Waals surface area contributed by atoms with Crippen LogP contribution in [0.25, 0.3) is 23.1 Å². The standard InChI is InChI=1S/C29H24Cl2FNO5/c1-36-22-9-10-27(23(15-22)29(34)35)38-17-28(37-12-11-32)20-4-2-3-18(13-20)5-7-21-8-6-19-14-24(30)25(31)16-26(19)33-21/h2-10,13-16,28H,11-12,17H2,1H3,(H,34,35)/b7-5+/t28-/m1/s1. The molecule has 196 valence electrons. The molecular formula is C29H24Cl2FNO5. The van der Waals surface area contributed by atoms with Crippen molar-refractivity contribution in [2.45, 2.75) is 6.10 Å². The zero-order valence-corrected chi connectivity index (χ0v) is 21.9. The topological polar surface area (TPSA) is 77.9 Å². The van der Waals surface area contributed by atoms with Gasteiger partial charge in [0.1, 0.15) is 36.4 Å². The molecule has 0 amide bonds. The maximum absolute atomic E-state index is 12.9. The Morgan fingerprint density at radius 2 is 1.87 bits per heavy atom. The van der Waals surface area contributed by atoms with Crippen LogP contribution in [-0.4, -0.2) is 43.1 Å². The van der Waals surface area contributed by atoms with Gasteiger partial charge in [0.25, 0.3) is 0 Å². The highest BCUT2D eigenvalue weighted by molar-refractivity contribution is 6.42. The number of rotatable bonds is 11. The number of hydrogen-bond donors (Lipinski definition) is 1. The first-order valence-corrected chi connectivity index (χ1v) is 12.4. The number of nitrogens with zero attached hydrogens (tertiary/aromatic N) is 1. The third-order valence-corrected chi connectivity index (χ3v) is 6.41. The van der Waals surface area contributed by atoms with Crippen LogP contribution in [0.3, 0.4) is 0 Å². The van der Waals surface area contributed by atoms with E-state index in [1.807, 2.05) is 48.6 Å². The van der Waals surface area contributed by atoms with Crippen molar-refractivity contribution < 1.29 is 28.5 Å². The fraction of sp³-hybridized carbons (Fsp3) is 0.172. The van der Waals surface area contributed by atoms with Crippen LogP contribution in [0.1, 0.15) is 33.3 Å². The van der Waals surface area contributed by atoms with Gasteiger partial charge < -0.3 is 19.3 Å². The Morgan fingerprint density at radius 3 is 2.63 bits per heavy atom. The number of carboxylic acid groups (broad SMARTS) is 1. The summed E-state index contributed by atoms with van der Waals surface area (Å²) in [5.74, 6) is -0.598. The zero-order chi connectivity index (χ0) is 27.1. The fourth-order valence-corrected chi connectivity index (χ4v) is 4.12. The molecule has 1 atom stereocenters. The van der Waals surface area contributed by atoms with Gasteiger partial charge in [-0.15, -0.1) is 0 Å². The average Bonchev–Trinajstić information content (AvgIpc) is 2.92. The molecule has 0 fully saturated rings. The van der Waals surface area contributed by atoms with E-state index in [9.17, 15) is 14.3 Å². The fourth-order valence-electron chi connectivity index (χ4n) is 3.79. The van der Waals surface area contributed by atoms with E-state index in [1.165, 1.54) is 19.2 Å². The highest BCUT2D eigenvalue weighted by Gasteiger charge is 2.18. The predicted octanol–water partition coefficient (Wildman–Crippen LogP) is 7.53. The lowest BCUT2D eigenvalue weighted by molar-refractivity contribution is 0.0122. The van der Waals surface area contributed by atoms with Crippen molar-refractivity contribution in [3.05, 3.63) is 99.2 Å². The number of hydrogen-bond acceptors (Lipinski definition) is 5. The van der Waals surface area contributed by atoms with Crippen molar-refractivity contribution in [3.63, 3.8) is 0 Å². The summed E-state index contributed by atoms with van der Waals surface area (Å²) in [5.41, 5.74) is 3.03. The van der Waals surface area contributed by atoms with Crippen molar-refractivity contribution in [2.24, 2.45) is 0 Å². The van der Waals surface area contributed by atoms with E-state index in [2.05, 4.69) is 4.98 Å². The molecule has 1 aromatic heterocycles. The van der Waals surface area contributed by atoms with Gasteiger partial charge in [-0.25, -0.2) is 14.2 Å². The van der Waals surface area contributed by atoms with Crippen LogP contribution in [0.4, 0.5) is 4.39 Å². The minimum absolute atomic E-state index is 0.0185. The van der Waals surface area contributed by atoms with Gasteiger partial charge in [0.2, 0.25) is 0 Å². The largest absolute Gasteiger partial charge is 0.497 e. The number of aromatic carboxylic acids is 1. The van der Waals surface area contributed by atoms with Gasteiger partial charge in [0, 0.05) is 5.39 Å². The Labute approximate surface area is 229 Å². The van der Waals surface area contributed by atoms with Crippen molar-refractivity contribution in [2.75, 3.05) is 27.0 Å². The molecule has 4 rings (SSSR count). The minimum atomic E-state index is -1.15. The number of fused-ring (bicyclic) bond motifs is 1. The predicted molar refractivity (Wildman–Crippen MR) is 147 cm³/mol. The second kappa shape index (κ2) is 12.7. The van der Waals surface area contributed by atoms with Crippen molar-refractivity contribution in [1.29, 1.82) is 0 Å². The third-order valence-electron chi connectivity index (χ3n) is 5.69. The Bertz CT molecular complexity index is 1480. The van der Waals surface area contributed by atoms with Crippen LogP contribution in [0.5, 0.6) is 11.5 Å². The molecule has 4 aromatic rings. The van der Waals surface area contributed by atoms with E-state index >= 15 is 0 Å². The number of pyridine rings is 1. The third kappa shape index (κ3) is 6.81. The van der Waals surface area contributed by atoms with Crippen LogP contribution < -0.4 is 9.47 Å². The van der Waals surface area contributed by atoms with Crippen LogP contribution in [-0.2, 0) is 4.74 Å². The van der Waals surface area contributed by atoms with Crippen molar-refractivity contribution in [1.82, 2.24) is 4.98 Å². The smallest absolute Gasteiger partial charge is 0.339 e. The summed E-state index contributed by atoms with van der Waals surface area (Å²) in [6.07, 6.45) is 3.13. The molecule has 6 nitrogen and oxygen atoms in total. The lowest BCUT2D eigenvalue weighted by Crippen LogP contribution is -2.16. The molecule has 1 N–H and O–H groups in total. The quantitative estimate of drug-likeness (QED) is 0.206. The maximum atomic E-state index is 12.9. The number of alkyl halides is 1. The van der Waals surface area contributed by atoms with Gasteiger partial charge in [0.05, 0.1) is 35.0 Å². The number of carboxylic acids is 1. The number of methoxy groups -OCH3 is 1. The highest BCUT2D eigenvalue weighted by Crippen LogP contribution is 2.29. The Morgan fingerprint density at radius 1 is 1.05 bits per heavy atom. The molecule has 1 heterocycles. The number of benzene rings is 3. The monoisotopic (exact) mass is 555 g/mol. The molecule has 0 radical (unpaired) electrons. The van der Waals surface area contributed by atoms with E-state index in [4.69, 9.17) is 37.4 Å². The van der Waals surface area contributed by atoms with Gasteiger partial charge in [0.15, 0.2) is 0 Å². The molecule has 38 heavy (non-hydrogen) atoms. The van der Waals surface area contributed by atoms with Gasteiger partial charge in [-0.3, -0.25) is 0 Å². The summed E-state index contributed by atoms with van der Waals surface area (Å²) in [4.78, 5) is 16.3. The lowest BCUT2D eigenvalue weighted by atomic mass is 10.1. The molecule has 0 bridgehead atoms. The van der Waals surface area contributed by atoms with E-state index in [1.54, 1.807) is 18.2 Å². The SMILES string of the molecule is COc1ccc(OC[C@@H](OCCF)c2cccc(/C=C/c3ccc4cc(Cl)c(Cl)cc4n3)c2)c(C(=O)O)c1. The zero-order valence-electron chi connectivity index (χ0n) is 20.4. The first-order chi connectivity index (χ1) is 18.4. The van der Waals surface area contributed by atoms with Crippen LogP contribution >= 0.6 is 23.2 Å². The molecule has 3 aromatic carbocycles. The number of halogens is 3. The first-order valence-electron chi connectivity index (χ1n) is 11.6. The minimum Gasteiger partial charge on any atom is -0.497 e. The van der Waals surface area contributed by atoms with E-state index < -0.39 is 18.7 Å². The molecule has 0 saturated heterocycles. The van der Waals surface area contributed by atoms with Crippen molar-refractivity contribution >= 4 is 52.2 Å². The van der Waals surface area contributed by atoms with E-state index in [-0.39, 0.29) is 24.5 Å². The Hall–Kier alpha value is -3.65. The summed E-state index contributed by atoms with van der Waals surface area (Å²) in [6.45, 7) is -0.812. The second-order valence-electron chi connectivity index (χ2n) is 8.23. The van der Waals surface area contributed by atoms with Gasteiger partial charge >= 0.3 is 5.97 Å². The van der Waals surface area contributed by atoms with Crippen LogP contribution in [0, 0.1) is 0 Å². The summed E-state index contributed by atoms with van der Waals surface area (Å²) < 4.78 is 29.5. The van der Waals surface area contributed by atoms with Gasteiger partial charge in [-0.2, -0.15) is 0 Å². The normalized spacial score (nSPS) is 12.1. The summed E-state index contributed by atoms with van der Waals surface area (Å²) in [6, 6.07) is 19.3. The van der Waals surface area contributed by atoms with Gasteiger partial charge in [-0.05, 0) is 59.7 Å². The molecular weight excluding hydrogens is 532 g/mol. The second-order valence-corrected chi connectivity index (χ2v) is 9.04. The summed E-state index contributed by atoms with van der Waals surface area (Å²) >= 11 is 12.2. The van der Waals surface area contributed by atoms with E-state index in [0.29, 0.717) is 15.8 Å². The molecule has 0 aliphatic rings. The average molecular weight is 556 g/mol. The first kappa shape index (κ1) is 27.4.